The first-order valence-corrected chi connectivity index (χ1v) is 10.6. The maximum absolute atomic E-state index is 12.7. The summed E-state index contributed by atoms with van der Waals surface area (Å²) in [5.74, 6) is -1.34. The second-order valence-corrected chi connectivity index (χ2v) is 9.37. The van der Waals surface area contributed by atoms with Gasteiger partial charge in [-0.1, -0.05) is 24.3 Å². The van der Waals surface area contributed by atoms with Crippen LogP contribution in [-0.2, 0) is 29.2 Å². The van der Waals surface area contributed by atoms with E-state index < -0.39 is 37.3 Å². The summed E-state index contributed by atoms with van der Waals surface area (Å²) in [6.45, 7) is 1.48. The number of carbonyl (C=O) groups is 1. The molecule has 0 fully saturated rings. The van der Waals surface area contributed by atoms with Gasteiger partial charge in [-0.15, -0.1) is 0 Å². The third-order valence-corrected chi connectivity index (χ3v) is 7.01. The molecular weight excluding hydrogens is 392 g/mol. The fourth-order valence-corrected chi connectivity index (χ4v) is 5.00. The van der Waals surface area contributed by atoms with Gasteiger partial charge in [-0.25, -0.2) is 16.8 Å². The van der Waals surface area contributed by atoms with Gasteiger partial charge in [0.25, 0.3) is 5.88 Å². The second-order valence-electron chi connectivity index (χ2n) is 5.47. The number of benzene rings is 2. The van der Waals surface area contributed by atoms with Crippen molar-refractivity contribution in [3.63, 3.8) is 0 Å². The summed E-state index contributed by atoms with van der Waals surface area (Å²) in [5, 5.41) is 6.70. The van der Waals surface area contributed by atoms with E-state index in [-0.39, 0.29) is 20.2 Å². The van der Waals surface area contributed by atoms with Gasteiger partial charge in [-0.2, -0.15) is 0 Å². The Morgan fingerprint density at radius 2 is 1.70 bits per heavy atom. The Balaban J connectivity index is 2.46. The zero-order valence-corrected chi connectivity index (χ0v) is 15.8. The van der Waals surface area contributed by atoms with Crippen molar-refractivity contribution in [1.29, 1.82) is 5.41 Å². The first kappa shape index (κ1) is 20.4. The molecule has 0 radical (unpaired) electrons. The van der Waals surface area contributed by atoms with E-state index in [2.05, 4.69) is 4.74 Å². The fraction of sp³-hybridized carbons (Fsp3) is 0.118. The van der Waals surface area contributed by atoms with Crippen LogP contribution in [0, 0.1) is 12.3 Å². The van der Waals surface area contributed by atoms with Crippen LogP contribution in [-0.4, -0.2) is 34.4 Å². The molecule has 0 aliphatic rings. The van der Waals surface area contributed by atoms with Gasteiger partial charge in [0.2, 0.25) is 9.84 Å². The van der Waals surface area contributed by atoms with E-state index in [1.54, 1.807) is 24.1 Å². The Labute approximate surface area is 156 Å². The molecule has 0 aliphatic heterocycles. The molecule has 2 aromatic rings. The molecule has 2 rings (SSSR count). The largest absolute Gasteiger partial charge is 0.400 e. The summed E-state index contributed by atoms with van der Waals surface area (Å²) in [5.41, 5.74) is 5.38. The van der Waals surface area contributed by atoms with Crippen LogP contribution in [0.5, 0.6) is 0 Å². The number of hydrogen-bond acceptors (Lipinski definition) is 8. The molecule has 0 bridgehead atoms. The first-order chi connectivity index (χ1) is 12.6. The molecule has 0 aromatic heterocycles. The SMILES string of the molecule is Cc1ccc(S(=O)(=O)c2ccccc2)cc1S(=O)(=O)CC(=O)OC(N)=C=N. The van der Waals surface area contributed by atoms with Crippen LogP contribution >= 0.6 is 0 Å². The lowest BCUT2D eigenvalue weighted by molar-refractivity contribution is -0.136. The molecule has 0 aliphatic carbocycles. The quantitative estimate of drug-likeness (QED) is 0.415. The molecule has 27 heavy (non-hydrogen) atoms. The normalized spacial score (nSPS) is 11.4. The van der Waals surface area contributed by atoms with Gasteiger partial charge < -0.3 is 10.5 Å². The highest BCUT2D eigenvalue weighted by Gasteiger charge is 2.26. The number of sulfone groups is 2. The molecule has 0 saturated carbocycles. The summed E-state index contributed by atoms with van der Waals surface area (Å²) in [7, 11) is -8.14. The Morgan fingerprint density at radius 1 is 1.07 bits per heavy atom. The third-order valence-electron chi connectivity index (χ3n) is 3.51. The zero-order chi connectivity index (χ0) is 20.2. The van der Waals surface area contributed by atoms with Crippen molar-refractivity contribution in [3.05, 3.63) is 60.0 Å². The van der Waals surface area contributed by atoms with Crippen LogP contribution in [0.15, 0.2) is 69.1 Å². The van der Waals surface area contributed by atoms with Gasteiger partial charge in [0.15, 0.2) is 15.6 Å². The number of hydrogen-bond donors (Lipinski definition) is 2. The Kier molecular flexibility index (Phi) is 5.85. The molecule has 3 N–H and O–H groups in total. The van der Waals surface area contributed by atoms with Crippen LogP contribution in [0.25, 0.3) is 0 Å². The van der Waals surface area contributed by atoms with Gasteiger partial charge in [0.05, 0.1) is 14.7 Å². The molecule has 0 spiro atoms. The molecular formula is C17H16N2O6S2. The number of ether oxygens (including phenoxy) is 1. The van der Waals surface area contributed by atoms with E-state index >= 15 is 0 Å². The molecule has 2 aromatic carbocycles. The molecule has 142 valence electrons. The number of nitrogens with one attached hydrogen (secondary N) is 1. The van der Waals surface area contributed by atoms with Crippen molar-refractivity contribution in [3.8, 4) is 0 Å². The van der Waals surface area contributed by atoms with Crippen molar-refractivity contribution >= 4 is 31.5 Å². The summed E-state index contributed by atoms with van der Waals surface area (Å²) >= 11 is 0. The Bertz CT molecular complexity index is 1130. The second kappa shape index (κ2) is 7.75. The highest BCUT2D eigenvalue weighted by Crippen LogP contribution is 2.26. The lowest BCUT2D eigenvalue weighted by Gasteiger charge is -2.10. The van der Waals surface area contributed by atoms with E-state index in [4.69, 9.17) is 11.1 Å². The molecule has 0 saturated heterocycles. The minimum absolute atomic E-state index is 0.0144. The summed E-state index contributed by atoms with van der Waals surface area (Å²) in [6.07, 6.45) is 0. The van der Waals surface area contributed by atoms with Crippen LogP contribution in [0.2, 0.25) is 0 Å². The van der Waals surface area contributed by atoms with Crippen LogP contribution in [0.4, 0.5) is 0 Å². The number of rotatable bonds is 6. The van der Waals surface area contributed by atoms with Crippen LogP contribution in [0.3, 0.4) is 0 Å². The average Bonchev–Trinajstić information content (AvgIpc) is 2.61. The predicted molar refractivity (Wildman–Crippen MR) is 96.6 cm³/mol. The van der Waals surface area contributed by atoms with Crippen LogP contribution in [0.1, 0.15) is 5.56 Å². The van der Waals surface area contributed by atoms with Crippen molar-refractivity contribution in [1.82, 2.24) is 0 Å². The number of nitrogens with two attached hydrogens (primary N) is 1. The van der Waals surface area contributed by atoms with Crippen LogP contribution < -0.4 is 5.73 Å². The van der Waals surface area contributed by atoms with Crippen molar-refractivity contribution in [2.75, 3.05) is 5.75 Å². The lowest BCUT2D eigenvalue weighted by atomic mass is 10.2. The molecule has 0 atom stereocenters. The molecule has 8 nitrogen and oxygen atoms in total. The number of carbonyl (C=O) groups excluding carboxylic acids is 1. The zero-order valence-electron chi connectivity index (χ0n) is 14.2. The molecule has 0 amide bonds. The minimum atomic E-state index is -4.21. The number of aryl methyl sites for hydroxylation is 1. The van der Waals surface area contributed by atoms with Gasteiger partial charge in [-0.05, 0) is 36.8 Å². The van der Waals surface area contributed by atoms with E-state index in [1.807, 2.05) is 0 Å². The third kappa shape index (κ3) is 4.62. The summed E-state index contributed by atoms with van der Waals surface area (Å²) in [6, 6.07) is 11.2. The summed E-state index contributed by atoms with van der Waals surface area (Å²) < 4.78 is 54.9. The highest BCUT2D eigenvalue weighted by atomic mass is 32.2. The van der Waals surface area contributed by atoms with E-state index in [0.29, 0.717) is 0 Å². The van der Waals surface area contributed by atoms with E-state index in [9.17, 15) is 21.6 Å². The molecule has 10 heteroatoms. The fourth-order valence-electron chi connectivity index (χ4n) is 2.23. The van der Waals surface area contributed by atoms with E-state index in [0.717, 1.165) is 6.07 Å². The van der Waals surface area contributed by atoms with Gasteiger partial charge in [0, 0.05) is 5.87 Å². The van der Waals surface area contributed by atoms with Crippen molar-refractivity contribution in [2.45, 2.75) is 21.6 Å². The van der Waals surface area contributed by atoms with Gasteiger partial charge >= 0.3 is 5.97 Å². The standard InChI is InChI=1S/C17H16N2O6S2/c1-12-7-8-14(27(23,24)13-5-3-2-4-6-13)9-15(12)26(21,22)11-17(20)25-16(19)10-18/h2-9,18H,11,19H2,1H3. The maximum Gasteiger partial charge on any atom is 0.328 e. The lowest BCUT2D eigenvalue weighted by Crippen LogP contribution is -2.21. The molecule has 0 unspecified atom stereocenters. The van der Waals surface area contributed by atoms with Crippen molar-refractivity contribution < 1.29 is 26.4 Å². The maximum atomic E-state index is 12.7. The first-order valence-electron chi connectivity index (χ1n) is 7.47. The Hall–Kier alpha value is -2.94. The summed E-state index contributed by atoms with van der Waals surface area (Å²) in [4.78, 5) is 11.2. The number of esters is 1. The highest BCUT2D eigenvalue weighted by molar-refractivity contribution is 7.92. The van der Waals surface area contributed by atoms with E-state index in [1.165, 1.54) is 31.2 Å². The Morgan fingerprint density at radius 3 is 2.30 bits per heavy atom. The van der Waals surface area contributed by atoms with Gasteiger partial charge in [-0.3, -0.25) is 10.2 Å². The molecule has 0 heterocycles. The predicted octanol–water partition coefficient (Wildman–Crippen LogP) is 1.19. The van der Waals surface area contributed by atoms with Gasteiger partial charge in [0.1, 0.15) is 0 Å². The topological polar surface area (TPSA) is 144 Å². The average molecular weight is 408 g/mol. The smallest absolute Gasteiger partial charge is 0.328 e. The van der Waals surface area contributed by atoms with Crippen molar-refractivity contribution in [2.24, 2.45) is 5.73 Å². The monoisotopic (exact) mass is 408 g/mol. The minimum Gasteiger partial charge on any atom is -0.400 e.